The highest BCUT2D eigenvalue weighted by Crippen LogP contribution is 2.39. The topological polar surface area (TPSA) is 45.2 Å². The van der Waals surface area contributed by atoms with Gasteiger partial charge in [-0.3, -0.25) is 4.79 Å². The number of hydrogen-bond donors (Lipinski definition) is 0. The molecule has 78 valence electrons. The molecule has 0 saturated heterocycles. The largest absolute Gasteiger partial charge is 0.300 e. The van der Waals surface area contributed by atoms with E-state index >= 15 is 0 Å². The zero-order valence-corrected chi connectivity index (χ0v) is 8.73. The number of rotatable bonds is 1. The molecule has 0 aliphatic heterocycles. The molecule has 1 atom stereocenters. The number of Topliss-reactive ketones (excluding diaryl/α,β-unsaturated/α-hetero) is 1. The molecule has 1 aromatic carbocycles. The molecule has 0 N–H and O–H groups in total. The fourth-order valence-electron chi connectivity index (χ4n) is 2.13. The van der Waals surface area contributed by atoms with E-state index in [-0.39, 0.29) is 5.78 Å². The number of nitriles is 1. The van der Waals surface area contributed by atoms with Crippen LogP contribution in [0.25, 0.3) is 4.85 Å². The summed E-state index contributed by atoms with van der Waals surface area (Å²) in [6.45, 7) is 6.85. The van der Waals surface area contributed by atoms with Crippen molar-refractivity contribution in [3.05, 3.63) is 41.2 Å². The summed E-state index contributed by atoms with van der Waals surface area (Å²) in [4.78, 5) is 14.6. The average Bonchev–Trinajstić information content (AvgIpc) is 2.72. The molecule has 1 unspecified atom stereocenters. The van der Waals surface area contributed by atoms with Crippen LogP contribution in [0.2, 0.25) is 0 Å². The molecule has 3 heteroatoms. The Balaban J connectivity index is 2.39. The Kier molecular flexibility index (Phi) is 2.46. The van der Waals surface area contributed by atoms with E-state index in [1.807, 2.05) is 0 Å². The molecule has 1 fully saturated rings. The van der Waals surface area contributed by atoms with E-state index in [2.05, 4.69) is 10.9 Å². The summed E-state index contributed by atoms with van der Waals surface area (Å²) in [5.74, 6) is 0.149. The smallest absolute Gasteiger partial charge is 0.187 e. The van der Waals surface area contributed by atoms with Crippen LogP contribution in [0.15, 0.2) is 24.3 Å². The number of nitrogens with zero attached hydrogens (tertiary/aromatic N) is 2. The van der Waals surface area contributed by atoms with Crippen molar-refractivity contribution < 1.29 is 4.79 Å². The summed E-state index contributed by atoms with van der Waals surface area (Å²) < 4.78 is 0. The third-order valence-corrected chi connectivity index (χ3v) is 3.09. The molecular formula is C13H10N2O. The van der Waals surface area contributed by atoms with Crippen LogP contribution in [0.3, 0.4) is 0 Å². The summed E-state index contributed by atoms with van der Waals surface area (Å²) in [5, 5.41) is 9.25. The fourth-order valence-corrected chi connectivity index (χ4v) is 2.13. The summed E-state index contributed by atoms with van der Waals surface area (Å²) in [5.41, 5.74) is 0.756. The number of carbonyl (C=O) groups is 1. The van der Waals surface area contributed by atoms with Gasteiger partial charge in [-0.05, 0) is 12.0 Å². The Bertz CT molecular complexity index is 504. The van der Waals surface area contributed by atoms with Crippen LogP contribution in [0.1, 0.15) is 24.8 Å². The van der Waals surface area contributed by atoms with E-state index < -0.39 is 5.41 Å². The maximum Gasteiger partial charge on any atom is 0.187 e. The minimum absolute atomic E-state index is 0.149. The van der Waals surface area contributed by atoms with Crippen LogP contribution >= 0.6 is 0 Å². The van der Waals surface area contributed by atoms with Gasteiger partial charge in [0.1, 0.15) is 5.78 Å². The summed E-state index contributed by atoms with van der Waals surface area (Å²) >= 11 is 0. The second-order valence-electron chi connectivity index (χ2n) is 4.07. The molecule has 3 nitrogen and oxygen atoms in total. The second-order valence-corrected chi connectivity index (χ2v) is 4.07. The molecule has 0 aromatic heterocycles. The van der Waals surface area contributed by atoms with Crippen LogP contribution < -0.4 is 0 Å². The minimum atomic E-state index is -0.655. The van der Waals surface area contributed by atoms with Gasteiger partial charge in [0.05, 0.1) is 18.1 Å². The summed E-state index contributed by atoms with van der Waals surface area (Å²) in [6, 6.07) is 9.23. The average molecular weight is 210 g/mol. The van der Waals surface area contributed by atoms with Crippen LogP contribution in [-0.4, -0.2) is 5.78 Å². The second kappa shape index (κ2) is 3.79. The zero-order chi connectivity index (χ0) is 11.6. The first-order chi connectivity index (χ1) is 7.70. The Labute approximate surface area is 94.1 Å². The molecule has 0 radical (unpaired) electrons. The molecule has 0 bridgehead atoms. The van der Waals surface area contributed by atoms with Gasteiger partial charge in [0, 0.05) is 12.8 Å². The van der Waals surface area contributed by atoms with Crippen molar-refractivity contribution in [2.24, 2.45) is 0 Å². The van der Waals surface area contributed by atoms with Gasteiger partial charge >= 0.3 is 0 Å². The standard InChI is InChI=1S/C13H10N2O/c1-15-11-4-2-10(3-5-11)13(9-14)7-6-12(16)8-13/h2-5H,6-8H2. The normalized spacial score (nSPS) is 23.8. The monoisotopic (exact) mass is 210 g/mol. The molecule has 1 saturated carbocycles. The predicted molar refractivity (Wildman–Crippen MR) is 58.9 cm³/mol. The van der Waals surface area contributed by atoms with E-state index in [0.717, 1.165) is 5.56 Å². The summed E-state index contributed by atoms with van der Waals surface area (Å²) in [7, 11) is 0. The highest BCUT2D eigenvalue weighted by Gasteiger charge is 2.40. The molecule has 1 aromatic rings. The predicted octanol–water partition coefficient (Wildman–Crippen LogP) is 2.75. The van der Waals surface area contributed by atoms with Crippen LogP contribution in [0.4, 0.5) is 5.69 Å². The van der Waals surface area contributed by atoms with Gasteiger partial charge in [-0.2, -0.15) is 5.26 Å². The quantitative estimate of drug-likeness (QED) is 0.669. The lowest BCUT2D eigenvalue weighted by Gasteiger charge is -2.19. The number of hydrogen-bond acceptors (Lipinski definition) is 2. The Hall–Kier alpha value is -2.13. The minimum Gasteiger partial charge on any atom is -0.300 e. The summed E-state index contributed by atoms with van der Waals surface area (Å²) in [6.07, 6.45) is 1.39. The van der Waals surface area contributed by atoms with Crippen LogP contribution in [0.5, 0.6) is 0 Å². The highest BCUT2D eigenvalue weighted by molar-refractivity contribution is 5.83. The first-order valence-corrected chi connectivity index (χ1v) is 5.11. The lowest BCUT2D eigenvalue weighted by atomic mass is 9.80. The van der Waals surface area contributed by atoms with E-state index in [9.17, 15) is 10.1 Å². The number of ketones is 1. The number of benzene rings is 1. The van der Waals surface area contributed by atoms with Gasteiger partial charge in [-0.15, -0.1) is 0 Å². The van der Waals surface area contributed by atoms with Crippen molar-refractivity contribution in [3.8, 4) is 6.07 Å². The van der Waals surface area contributed by atoms with Gasteiger partial charge in [0.25, 0.3) is 0 Å². The van der Waals surface area contributed by atoms with Crippen molar-refractivity contribution in [3.63, 3.8) is 0 Å². The third-order valence-electron chi connectivity index (χ3n) is 3.09. The molecule has 0 heterocycles. The molecule has 16 heavy (non-hydrogen) atoms. The molecule has 1 aliphatic carbocycles. The van der Waals surface area contributed by atoms with Crippen molar-refractivity contribution in [1.29, 1.82) is 5.26 Å². The SMILES string of the molecule is [C-]#[N+]c1ccc(C2(C#N)CCC(=O)C2)cc1. The van der Waals surface area contributed by atoms with Crippen molar-refractivity contribution in [1.82, 2.24) is 0 Å². The van der Waals surface area contributed by atoms with Crippen LogP contribution in [0, 0.1) is 17.9 Å². The Morgan fingerprint density at radius 1 is 1.38 bits per heavy atom. The van der Waals surface area contributed by atoms with Gasteiger partial charge in [0.15, 0.2) is 5.69 Å². The lowest BCUT2D eigenvalue weighted by Crippen LogP contribution is -2.19. The first-order valence-electron chi connectivity index (χ1n) is 5.11. The van der Waals surface area contributed by atoms with Gasteiger partial charge in [-0.1, -0.05) is 24.3 Å². The Morgan fingerprint density at radius 2 is 2.06 bits per heavy atom. The Morgan fingerprint density at radius 3 is 2.50 bits per heavy atom. The molecule has 0 amide bonds. The van der Waals surface area contributed by atoms with Crippen LogP contribution in [-0.2, 0) is 10.2 Å². The fraction of sp³-hybridized carbons (Fsp3) is 0.308. The third kappa shape index (κ3) is 1.57. The van der Waals surface area contributed by atoms with Gasteiger partial charge in [-0.25, -0.2) is 4.85 Å². The van der Waals surface area contributed by atoms with E-state index in [1.165, 1.54) is 0 Å². The van der Waals surface area contributed by atoms with E-state index in [0.29, 0.717) is 24.9 Å². The van der Waals surface area contributed by atoms with Gasteiger partial charge in [0.2, 0.25) is 0 Å². The van der Waals surface area contributed by atoms with E-state index in [4.69, 9.17) is 6.57 Å². The van der Waals surface area contributed by atoms with Gasteiger partial charge < -0.3 is 0 Å². The lowest BCUT2D eigenvalue weighted by molar-refractivity contribution is -0.117. The first kappa shape index (κ1) is 10.4. The van der Waals surface area contributed by atoms with Crippen molar-refractivity contribution in [2.45, 2.75) is 24.7 Å². The maximum atomic E-state index is 11.3. The van der Waals surface area contributed by atoms with Crippen molar-refractivity contribution >= 4 is 11.5 Å². The zero-order valence-electron chi connectivity index (χ0n) is 8.73. The molecule has 0 spiro atoms. The maximum absolute atomic E-state index is 11.3. The van der Waals surface area contributed by atoms with Crippen molar-refractivity contribution in [2.75, 3.05) is 0 Å². The molecular weight excluding hydrogens is 200 g/mol. The molecule has 1 aliphatic rings. The highest BCUT2D eigenvalue weighted by atomic mass is 16.1. The molecule has 2 rings (SSSR count). The number of carbonyl (C=O) groups excluding carboxylic acids is 1. The van der Waals surface area contributed by atoms with E-state index in [1.54, 1.807) is 24.3 Å².